The Bertz CT molecular complexity index is 622. The van der Waals surface area contributed by atoms with E-state index in [1.807, 2.05) is 41.9 Å². The first-order valence-corrected chi connectivity index (χ1v) is 6.16. The van der Waals surface area contributed by atoms with Crippen molar-refractivity contribution >= 4 is 22.1 Å². The lowest BCUT2D eigenvalue weighted by Crippen LogP contribution is -1.96. The van der Waals surface area contributed by atoms with Crippen LogP contribution in [0.4, 0.5) is 0 Å². The molecular weight excluding hydrogens is 232 g/mol. The van der Waals surface area contributed by atoms with Gasteiger partial charge in [0, 0.05) is 29.2 Å². The topological polar surface area (TPSA) is 35.0 Å². The van der Waals surface area contributed by atoms with Crippen LogP contribution in [0.15, 0.2) is 48.1 Å². The lowest BCUT2D eigenvalue weighted by molar-refractivity contribution is 0.294. The summed E-state index contributed by atoms with van der Waals surface area (Å²) in [7, 11) is 0. The standard InChI is InChI=1S/C13H10N2OS/c1-2-4-11-8-15-12(7-10(11)3-1)16-9-13-14-5-6-17-13/h1-8H,9H2. The summed E-state index contributed by atoms with van der Waals surface area (Å²) in [5.41, 5.74) is 0. The van der Waals surface area contributed by atoms with Crippen molar-refractivity contribution in [1.82, 2.24) is 9.97 Å². The van der Waals surface area contributed by atoms with E-state index in [9.17, 15) is 0 Å². The van der Waals surface area contributed by atoms with Gasteiger partial charge >= 0.3 is 0 Å². The molecule has 0 aliphatic rings. The summed E-state index contributed by atoms with van der Waals surface area (Å²) >= 11 is 1.58. The fraction of sp³-hybridized carbons (Fsp3) is 0.0769. The average Bonchev–Trinajstić information content (AvgIpc) is 2.89. The monoisotopic (exact) mass is 242 g/mol. The number of hydrogen-bond donors (Lipinski definition) is 0. The second-order valence-corrected chi connectivity index (χ2v) is 4.56. The van der Waals surface area contributed by atoms with Gasteiger partial charge in [0.15, 0.2) is 0 Å². The van der Waals surface area contributed by atoms with Gasteiger partial charge in [-0.3, -0.25) is 0 Å². The Morgan fingerprint density at radius 1 is 1.12 bits per heavy atom. The zero-order valence-corrected chi connectivity index (χ0v) is 9.85. The lowest BCUT2D eigenvalue weighted by Gasteiger charge is -2.04. The van der Waals surface area contributed by atoms with E-state index in [1.54, 1.807) is 17.5 Å². The molecule has 3 aromatic rings. The van der Waals surface area contributed by atoms with Gasteiger partial charge in [0.1, 0.15) is 11.6 Å². The van der Waals surface area contributed by atoms with E-state index in [-0.39, 0.29) is 0 Å². The summed E-state index contributed by atoms with van der Waals surface area (Å²) in [5, 5.41) is 5.15. The maximum atomic E-state index is 5.60. The molecule has 17 heavy (non-hydrogen) atoms. The van der Waals surface area contributed by atoms with E-state index >= 15 is 0 Å². The molecule has 0 spiro atoms. The van der Waals surface area contributed by atoms with Gasteiger partial charge in [-0.1, -0.05) is 24.3 Å². The van der Waals surface area contributed by atoms with Crippen LogP contribution in [0.2, 0.25) is 0 Å². The van der Waals surface area contributed by atoms with Crippen molar-refractivity contribution in [3.05, 3.63) is 53.1 Å². The fourth-order valence-corrected chi connectivity index (χ4v) is 2.13. The third-order valence-corrected chi connectivity index (χ3v) is 3.19. The Kier molecular flexibility index (Phi) is 2.71. The van der Waals surface area contributed by atoms with E-state index in [0.29, 0.717) is 12.5 Å². The van der Waals surface area contributed by atoms with E-state index in [1.165, 1.54) is 0 Å². The van der Waals surface area contributed by atoms with E-state index in [4.69, 9.17) is 4.74 Å². The maximum Gasteiger partial charge on any atom is 0.214 e. The van der Waals surface area contributed by atoms with Gasteiger partial charge in [0.25, 0.3) is 0 Å². The van der Waals surface area contributed by atoms with Crippen LogP contribution in [0.5, 0.6) is 5.88 Å². The SMILES string of the molecule is c1ccc2cc(OCc3nccs3)ncc2c1. The molecule has 0 N–H and O–H groups in total. The molecule has 0 bridgehead atoms. The minimum atomic E-state index is 0.475. The van der Waals surface area contributed by atoms with Gasteiger partial charge in [-0.15, -0.1) is 11.3 Å². The molecule has 3 nitrogen and oxygen atoms in total. The molecule has 84 valence electrons. The number of nitrogens with zero attached hydrogens (tertiary/aromatic N) is 2. The summed E-state index contributed by atoms with van der Waals surface area (Å²) in [6.45, 7) is 0.475. The van der Waals surface area contributed by atoms with E-state index < -0.39 is 0 Å². The average molecular weight is 242 g/mol. The van der Waals surface area contributed by atoms with Crippen molar-refractivity contribution in [3.8, 4) is 5.88 Å². The van der Waals surface area contributed by atoms with Crippen molar-refractivity contribution in [2.24, 2.45) is 0 Å². The Morgan fingerprint density at radius 2 is 2.00 bits per heavy atom. The van der Waals surface area contributed by atoms with E-state index in [0.717, 1.165) is 15.8 Å². The fourth-order valence-electron chi connectivity index (χ4n) is 1.60. The number of pyridine rings is 1. The minimum absolute atomic E-state index is 0.475. The van der Waals surface area contributed by atoms with Gasteiger partial charge in [-0.05, 0) is 5.39 Å². The Labute approximate surface area is 103 Å². The second-order valence-electron chi connectivity index (χ2n) is 3.58. The van der Waals surface area contributed by atoms with Crippen LogP contribution in [0, 0.1) is 0 Å². The molecule has 1 aromatic carbocycles. The predicted octanol–water partition coefficient (Wildman–Crippen LogP) is 3.27. The maximum absolute atomic E-state index is 5.60. The first kappa shape index (κ1) is 10.2. The molecule has 0 saturated carbocycles. The lowest BCUT2D eigenvalue weighted by atomic mass is 10.2. The third-order valence-electron chi connectivity index (χ3n) is 2.43. The molecular formula is C13H10N2OS. The summed E-state index contributed by atoms with van der Waals surface area (Å²) in [5.74, 6) is 0.638. The third kappa shape index (κ3) is 2.26. The van der Waals surface area contributed by atoms with Crippen LogP contribution in [-0.2, 0) is 6.61 Å². The zero-order valence-electron chi connectivity index (χ0n) is 9.04. The quantitative estimate of drug-likeness (QED) is 0.707. The smallest absolute Gasteiger partial charge is 0.214 e. The summed E-state index contributed by atoms with van der Waals surface area (Å²) in [4.78, 5) is 8.42. The van der Waals surface area contributed by atoms with Crippen LogP contribution >= 0.6 is 11.3 Å². The number of aromatic nitrogens is 2. The van der Waals surface area contributed by atoms with Gasteiger partial charge in [-0.2, -0.15) is 0 Å². The molecule has 4 heteroatoms. The van der Waals surface area contributed by atoms with Gasteiger partial charge in [0.2, 0.25) is 5.88 Å². The highest BCUT2D eigenvalue weighted by atomic mass is 32.1. The Balaban J connectivity index is 1.81. The van der Waals surface area contributed by atoms with Crippen molar-refractivity contribution in [2.75, 3.05) is 0 Å². The van der Waals surface area contributed by atoms with Gasteiger partial charge in [0.05, 0.1) is 0 Å². The van der Waals surface area contributed by atoms with Crippen LogP contribution in [0.1, 0.15) is 5.01 Å². The first-order valence-electron chi connectivity index (χ1n) is 5.28. The summed E-state index contributed by atoms with van der Waals surface area (Å²) < 4.78 is 5.60. The minimum Gasteiger partial charge on any atom is -0.470 e. The molecule has 0 radical (unpaired) electrons. The number of ether oxygens (including phenoxy) is 1. The highest BCUT2D eigenvalue weighted by Gasteiger charge is 2.00. The molecule has 0 fully saturated rings. The first-order chi connectivity index (χ1) is 8.42. The molecule has 0 atom stereocenters. The normalized spacial score (nSPS) is 10.6. The van der Waals surface area contributed by atoms with Crippen LogP contribution in [0.25, 0.3) is 10.8 Å². The molecule has 2 aromatic heterocycles. The number of hydrogen-bond acceptors (Lipinski definition) is 4. The van der Waals surface area contributed by atoms with Crippen LogP contribution < -0.4 is 4.74 Å². The van der Waals surface area contributed by atoms with Crippen LogP contribution in [-0.4, -0.2) is 9.97 Å². The molecule has 3 rings (SSSR count). The molecule has 2 heterocycles. The largest absolute Gasteiger partial charge is 0.470 e. The van der Waals surface area contributed by atoms with Crippen molar-refractivity contribution < 1.29 is 4.74 Å². The highest BCUT2D eigenvalue weighted by Crippen LogP contribution is 2.18. The Morgan fingerprint density at radius 3 is 2.82 bits per heavy atom. The highest BCUT2D eigenvalue weighted by molar-refractivity contribution is 7.09. The number of rotatable bonds is 3. The van der Waals surface area contributed by atoms with Gasteiger partial charge in [-0.25, -0.2) is 9.97 Å². The Hall–Kier alpha value is -1.94. The number of benzene rings is 1. The van der Waals surface area contributed by atoms with Crippen molar-refractivity contribution in [3.63, 3.8) is 0 Å². The summed E-state index contributed by atoms with van der Waals surface area (Å²) in [6, 6.07) is 10.0. The number of fused-ring (bicyclic) bond motifs is 1. The summed E-state index contributed by atoms with van der Waals surface area (Å²) in [6.07, 6.45) is 3.60. The van der Waals surface area contributed by atoms with Crippen molar-refractivity contribution in [2.45, 2.75) is 6.61 Å². The number of thiazole rings is 1. The second kappa shape index (κ2) is 4.51. The molecule has 0 unspecified atom stereocenters. The molecule has 0 amide bonds. The van der Waals surface area contributed by atoms with E-state index in [2.05, 4.69) is 9.97 Å². The van der Waals surface area contributed by atoms with Crippen LogP contribution in [0.3, 0.4) is 0 Å². The molecule has 0 aliphatic carbocycles. The zero-order chi connectivity index (χ0) is 11.5. The molecule has 0 saturated heterocycles. The van der Waals surface area contributed by atoms with Crippen molar-refractivity contribution in [1.29, 1.82) is 0 Å². The van der Waals surface area contributed by atoms with Gasteiger partial charge < -0.3 is 4.74 Å². The predicted molar refractivity (Wildman–Crippen MR) is 68.2 cm³/mol. The molecule has 0 aliphatic heterocycles.